The first-order chi connectivity index (χ1) is 19.3. The zero-order valence-electron chi connectivity index (χ0n) is 22.5. The molecule has 0 aliphatic heterocycles. The number of carbonyl (C=O) groups is 2. The van der Waals surface area contributed by atoms with Crippen LogP contribution in [0.3, 0.4) is 0 Å². The molecule has 3 atom stereocenters. The fourth-order valence-corrected chi connectivity index (χ4v) is 4.76. The van der Waals surface area contributed by atoms with Crippen LogP contribution in [0.15, 0.2) is 103 Å². The van der Waals surface area contributed by atoms with E-state index in [1.807, 2.05) is 60.7 Å². The molecule has 206 valence electrons. The number of amides is 2. The molecule has 0 heterocycles. The summed E-state index contributed by atoms with van der Waals surface area (Å²) in [5, 5.41) is 27.7. The molecule has 0 saturated heterocycles. The third-order valence-electron chi connectivity index (χ3n) is 6.96. The summed E-state index contributed by atoms with van der Waals surface area (Å²) in [7, 11) is 0. The van der Waals surface area contributed by atoms with Gasteiger partial charge in [-0.15, -0.1) is 0 Å². The van der Waals surface area contributed by atoms with Crippen molar-refractivity contribution in [2.45, 2.75) is 44.4 Å². The number of hydrogen-bond acceptors (Lipinski definition) is 5. The van der Waals surface area contributed by atoms with Crippen LogP contribution in [0.5, 0.6) is 5.75 Å². The Kier molecular flexibility index (Phi) is 9.54. The summed E-state index contributed by atoms with van der Waals surface area (Å²) in [6.45, 7) is 1.68. The van der Waals surface area contributed by atoms with Crippen molar-refractivity contribution >= 4 is 17.5 Å². The number of anilines is 1. The maximum Gasteiger partial charge on any atom is 0.252 e. The Hall–Kier alpha value is -4.62. The second-order valence-corrected chi connectivity index (χ2v) is 10.0. The average Bonchev–Trinajstić information content (AvgIpc) is 2.95. The Balaban J connectivity index is 1.57. The molecule has 4 aromatic carbocycles. The monoisotopic (exact) mass is 537 g/mol. The van der Waals surface area contributed by atoms with Crippen molar-refractivity contribution in [2.75, 3.05) is 5.73 Å². The highest BCUT2D eigenvalue weighted by atomic mass is 16.3. The Labute approximate surface area is 234 Å². The molecule has 2 amide bonds. The van der Waals surface area contributed by atoms with Crippen LogP contribution in [0, 0.1) is 6.92 Å². The molecule has 0 bridgehead atoms. The highest BCUT2D eigenvalue weighted by molar-refractivity contribution is 5.96. The number of phenolic OH excluding ortho intramolecular Hbond substituents is 1. The van der Waals surface area contributed by atoms with Crippen LogP contribution in [0.25, 0.3) is 0 Å². The molecule has 6 N–H and O–H groups in total. The zero-order chi connectivity index (χ0) is 28.5. The number of benzene rings is 4. The Bertz CT molecular complexity index is 1430. The van der Waals surface area contributed by atoms with Crippen LogP contribution < -0.4 is 16.4 Å². The van der Waals surface area contributed by atoms with Crippen molar-refractivity contribution in [1.82, 2.24) is 10.6 Å². The summed E-state index contributed by atoms with van der Waals surface area (Å²) in [6.07, 6.45) is 0.0764. The van der Waals surface area contributed by atoms with Gasteiger partial charge in [-0.3, -0.25) is 9.59 Å². The van der Waals surface area contributed by atoms with Crippen LogP contribution in [-0.4, -0.2) is 40.2 Å². The molecule has 0 aliphatic rings. The average molecular weight is 538 g/mol. The minimum absolute atomic E-state index is 0.0278. The number of nitrogens with two attached hydrogens (primary N) is 1. The largest absolute Gasteiger partial charge is 0.508 e. The van der Waals surface area contributed by atoms with Crippen molar-refractivity contribution in [2.24, 2.45) is 0 Å². The first-order valence-corrected chi connectivity index (χ1v) is 13.3. The van der Waals surface area contributed by atoms with Gasteiger partial charge in [-0.1, -0.05) is 72.8 Å². The van der Waals surface area contributed by atoms with Gasteiger partial charge >= 0.3 is 0 Å². The molecule has 4 rings (SSSR count). The molecule has 0 radical (unpaired) electrons. The fraction of sp³-hybridized carbons (Fsp3) is 0.212. The van der Waals surface area contributed by atoms with Gasteiger partial charge in [0, 0.05) is 28.4 Å². The topological polar surface area (TPSA) is 125 Å². The molecule has 4 aromatic rings. The van der Waals surface area contributed by atoms with E-state index in [1.54, 1.807) is 43.3 Å². The lowest BCUT2D eigenvalue weighted by molar-refractivity contribution is 0.0755. The van der Waals surface area contributed by atoms with E-state index in [0.29, 0.717) is 35.2 Å². The maximum absolute atomic E-state index is 13.3. The number of nitrogen functional groups attached to an aromatic ring is 1. The quantitative estimate of drug-likeness (QED) is 0.181. The third kappa shape index (κ3) is 7.71. The van der Waals surface area contributed by atoms with Crippen LogP contribution >= 0.6 is 0 Å². The van der Waals surface area contributed by atoms with Gasteiger partial charge in [0.1, 0.15) is 5.75 Å². The first kappa shape index (κ1) is 28.4. The van der Waals surface area contributed by atoms with E-state index in [-0.39, 0.29) is 18.1 Å². The smallest absolute Gasteiger partial charge is 0.252 e. The molecular formula is C33H35N3O4. The predicted octanol–water partition coefficient (Wildman–Crippen LogP) is 4.42. The Morgan fingerprint density at radius 3 is 2.05 bits per heavy atom. The highest BCUT2D eigenvalue weighted by Crippen LogP contribution is 2.21. The highest BCUT2D eigenvalue weighted by Gasteiger charge is 2.27. The van der Waals surface area contributed by atoms with Crippen molar-refractivity contribution in [3.63, 3.8) is 0 Å². The number of phenols is 1. The van der Waals surface area contributed by atoms with Gasteiger partial charge in [-0.25, -0.2) is 0 Å². The number of rotatable bonds is 11. The van der Waals surface area contributed by atoms with E-state index in [2.05, 4.69) is 10.6 Å². The number of aliphatic hydroxyl groups excluding tert-OH is 1. The standard InChI is InChI=1S/C33H35N3O4/c1-22-28(16-9-17-30(22)37)33(40)36-29(19-24-12-6-3-7-13-24)31(38)21-27(18-23-10-4-2-5-11-23)35-32(39)25-14-8-15-26(34)20-25/h2-17,20,27,29,31,37-38H,18-19,21,34H2,1H3,(H,35,39)(H,36,40). The molecule has 0 fully saturated rings. The fourth-order valence-electron chi connectivity index (χ4n) is 4.76. The van der Waals surface area contributed by atoms with Gasteiger partial charge in [0.15, 0.2) is 0 Å². The van der Waals surface area contributed by atoms with Gasteiger partial charge < -0.3 is 26.6 Å². The van der Waals surface area contributed by atoms with Gasteiger partial charge in [-0.2, -0.15) is 0 Å². The lowest BCUT2D eigenvalue weighted by atomic mass is 9.93. The van der Waals surface area contributed by atoms with E-state index in [1.165, 1.54) is 6.07 Å². The number of hydrogen-bond donors (Lipinski definition) is 5. The molecule has 7 nitrogen and oxygen atoms in total. The second-order valence-electron chi connectivity index (χ2n) is 10.0. The van der Waals surface area contributed by atoms with Crippen molar-refractivity contribution < 1.29 is 19.8 Å². The van der Waals surface area contributed by atoms with Crippen LogP contribution in [0.2, 0.25) is 0 Å². The molecule has 0 aromatic heterocycles. The first-order valence-electron chi connectivity index (χ1n) is 13.3. The Morgan fingerprint density at radius 2 is 1.40 bits per heavy atom. The molecular weight excluding hydrogens is 502 g/mol. The number of carbonyl (C=O) groups excluding carboxylic acids is 2. The van der Waals surface area contributed by atoms with Crippen molar-refractivity contribution in [3.8, 4) is 5.75 Å². The van der Waals surface area contributed by atoms with E-state index >= 15 is 0 Å². The molecule has 40 heavy (non-hydrogen) atoms. The molecule has 0 saturated carbocycles. The lowest BCUT2D eigenvalue weighted by Crippen LogP contribution is -2.48. The number of nitrogens with one attached hydrogen (secondary N) is 2. The minimum Gasteiger partial charge on any atom is -0.508 e. The maximum atomic E-state index is 13.3. The Morgan fingerprint density at radius 1 is 0.775 bits per heavy atom. The van der Waals surface area contributed by atoms with Gasteiger partial charge in [0.25, 0.3) is 11.8 Å². The van der Waals surface area contributed by atoms with Crippen molar-refractivity contribution in [1.29, 1.82) is 0 Å². The van der Waals surface area contributed by atoms with Crippen LogP contribution in [0.1, 0.15) is 43.8 Å². The molecule has 0 aliphatic carbocycles. The van der Waals surface area contributed by atoms with Gasteiger partial charge in [0.2, 0.25) is 0 Å². The second kappa shape index (κ2) is 13.4. The van der Waals surface area contributed by atoms with Crippen LogP contribution in [-0.2, 0) is 12.8 Å². The minimum atomic E-state index is -0.989. The van der Waals surface area contributed by atoms with Crippen LogP contribution in [0.4, 0.5) is 5.69 Å². The molecule has 3 unspecified atom stereocenters. The van der Waals surface area contributed by atoms with E-state index in [0.717, 1.165) is 11.1 Å². The van der Waals surface area contributed by atoms with Gasteiger partial charge in [0.05, 0.1) is 12.1 Å². The summed E-state index contributed by atoms with van der Waals surface area (Å²) in [5.74, 6) is -0.656. The summed E-state index contributed by atoms with van der Waals surface area (Å²) < 4.78 is 0. The summed E-state index contributed by atoms with van der Waals surface area (Å²) in [5.41, 5.74) is 9.55. The zero-order valence-corrected chi connectivity index (χ0v) is 22.5. The summed E-state index contributed by atoms with van der Waals surface area (Å²) in [4.78, 5) is 26.4. The summed E-state index contributed by atoms with van der Waals surface area (Å²) in [6, 6.07) is 29.8. The lowest BCUT2D eigenvalue weighted by Gasteiger charge is -2.29. The molecule has 0 spiro atoms. The SMILES string of the molecule is Cc1c(O)cccc1C(=O)NC(Cc1ccccc1)C(O)CC(Cc1ccccc1)NC(=O)c1cccc(N)c1. The molecule has 7 heteroatoms. The summed E-state index contributed by atoms with van der Waals surface area (Å²) >= 11 is 0. The van der Waals surface area contributed by atoms with Gasteiger partial charge in [-0.05, 0) is 67.6 Å². The number of aromatic hydroxyl groups is 1. The van der Waals surface area contributed by atoms with E-state index in [4.69, 9.17) is 5.73 Å². The third-order valence-corrected chi connectivity index (χ3v) is 6.96. The normalized spacial score (nSPS) is 13.2. The van der Waals surface area contributed by atoms with E-state index < -0.39 is 24.1 Å². The van der Waals surface area contributed by atoms with Crippen molar-refractivity contribution in [3.05, 3.63) is 131 Å². The predicted molar refractivity (Wildman–Crippen MR) is 157 cm³/mol. The van der Waals surface area contributed by atoms with E-state index in [9.17, 15) is 19.8 Å². The number of aliphatic hydroxyl groups is 1.